The van der Waals surface area contributed by atoms with Gasteiger partial charge >= 0.3 is 6.18 Å². The van der Waals surface area contributed by atoms with Crippen LogP contribution in [0.3, 0.4) is 0 Å². The molecule has 1 aliphatic rings. The second kappa shape index (κ2) is 7.94. The average Bonchev–Trinajstić information content (AvgIpc) is 3.19. The lowest BCUT2D eigenvalue weighted by molar-refractivity contribution is -0.137. The quantitative estimate of drug-likeness (QED) is 0.555. The Morgan fingerprint density at radius 3 is 2.21 bits per heavy atom. The molecule has 3 aromatic rings. The monoisotopic (exact) mass is 405 g/mol. The van der Waals surface area contributed by atoms with Gasteiger partial charge in [0.25, 0.3) is 0 Å². The van der Waals surface area contributed by atoms with Gasteiger partial charge in [0, 0.05) is 18.0 Å². The standard InChI is InChI=1S/C21H19F4N3O/c22-18-7-3-15(4-8-18)19-26-27-20(29-19)16-9-11-28(12-10-16)13-14-1-5-17(6-2-14)21(23,24)25/h1-8,16H,9-13H2. The largest absolute Gasteiger partial charge is 0.420 e. The van der Waals surface area contributed by atoms with Crippen LogP contribution >= 0.6 is 0 Å². The van der Waals surface area contributed by atoms with Gasteiger partial charge in [0.15, 0.2) is 0 Å². The lowest BCUT2D eigenvalue weighted by Gasteiger charge is -2.30. The fourth-order valence-corrected chi connectivity index (χ4v) is 3.50. The first kappa shape index (κ1) is 19.6. The maximum atomic E-state index is 13.0. The van der Waals surface area contributed by atoms with Gasteiger partial charge in [-0.1, -0.05) is 12.1 Å². The number of hydrogen-bond acceptors (Lipinski definition) is 4. The SMILES string of the molecule is Fc1ccc(-c2nnc(C3CCN(Cc4ccc(C(F)(F)F)cc4)CC3)o2)cc1. The Balaban J connectivity index is 1.33. The molecular formula is C21H19F4N3O. The summed E-state index contributed by atoms with van der Waals surface area (Å²) in [5, 5.41) is 8.21. The zero-order valence-electron chi connectivity index (χ0n) is 15.5. The minimum absolute atomic E-state index is 0.139. The van der Waals surface area contributed by atoms with Crippen molar-refractivity contribution in [2.75, 3.05) is 13.1 Å². The van der Waals surface area contributed by atoms with E-state index in [0.717, 1.165) is 43.6 Å². The molecule has 29 heavy (non-hydrogen) atoms. The van der Waals surface area contributed by atoms with Gasteiger partial charge in [-0.25, -0.2) is 4.39 Å². The topological polar surface area (TPSA) is 42.2 Å². The van der Waals surface area contributed by atoms with Crippen LogP contribution in [0.1, 0.15) is 35.8 Å². The normalized spacial score (nSPS) is 16.3. The van der Waals surface area contributed by atoms with E-state index in [0.29, 0.717) is 23.9 Å². The summed E-state index contributed by atoms with van der Waals surface area (Å²) in [6.45, 7) is 2.19. The van der Waals surface area contributed by atoms with Crippen LogP contribution in [0, 0.1) is 5.82 Å². The van der Waals surface area contributed by atoms with Gasteiger partial charge in [-0.3, -0.25) is 4.90 Å². The fraction of sp³-hybridized carbons (Fsp3) is 0.333. The third-order valence-corrected chi connectivity index (χ3v) is 5.16. The molecule has 152 valence electrons. The van der Waals surface area contributed by atoms with Crippen molar-refractivity contribution in [1.29, 1.82) is 0 Å². The Morgan fingerprint density at radius 1 is 0.931 bits per heavy atom. The van der Waals surface area contributed by atoms with Crippen molar-refractivity contribution in [3.63, 3.8) is 0 Å². The number of hydrogen-bond donors (Lipinski definition) is 0. The van der Waals surface area contributed by atoms with Gasteiger partial charge in [-0.15, -0.1) is 10.2 Å². The molecule has 0 unspecified atom stereocenters. The van der Waals surface area contributed by atoms with E-state index in [4.69, 9.17) is 4.42 Å². The minimum Gasteiger partial charge on any atom is -0.420 e. The second-order valence-corrected chi connectivity index (χ2v) is 7.20. The molecular weight excluding hydrogens is 386 g/mol. The Hall–Kier alpha value is -2.74. The third-order valence-electron chi connectivity index (χ3n) is 5.16. The highest BCUT2D eigenvalue weighted by atomic mass is 19.4. The first-order chi connectivity index (χ1) is 13.9. The maximum Gasteiger partial charge on any atom is 0.416 e. The van der Waals surface area contributed by atoms with Gasteiger partial charge in [-0.2, -0.15) is 13.2 Å². The number of aromatic nitrogens is 2. The molecule has 0 spiro atoms. The van der Waals surface area contributed by atoms with Gasteiger partial charge < -0.3 is 4.42 Å². The summed E-state index contributed by atoms with van der Waals surface area (Å²) >= 11 is 0. The van der Waals surface area contributed by atoms with Crippen molar-refractivity contribution in [3.05, 3.63) is 71.4 Å². The van der Waals surface area contributed by atoms with Crippen molar-refractivity contribution in [2.45, 2.75) is 31.5 Å². The van der Waals surface area contributed by atoms with Crippen LogP contribution in [0.5, 0.6) is 0 Å². The van der Waals surface area contributed by atoms with Crippen LogP contribution in [0.2, 0.25) is 0 Å². The lowest BCUT2D eigenvalue weighted by atomic mass is 9.96. The van der Waals surface area contributed by atoms with Crippen LogP contribution in [0.15, 0.2) is 52.9 Å². The Morgan fingerprint density at radius 2 is 1.59 bits per heavy atom. The van der Waals surface area contributed by atoms with E-state index in [1.54, 1.807) is 12.1 Å². The van der Waals surface area contributed by atoms with Crippen molar-refractivity contribution in [1.82, 2.24) is 15.1 Å². The van der Waals surface area contributed by atoms with Crippen LogP contribution in [-0.4, -0.2) is 28.2 Å². The molecule has 0 saturated carbocycles. The highest BCUT2D eigenvalue weighted by Gasteiger charge is 2.30. The molecule has 1 fully saturated rings. The number of piperidine rings is 1. The zero-order chi connectivity index (χ0) is 20.4. The van der Waals surface area contributed by atoms with Crippen molar-refractivity contribution in [2.24, 2.45) is 0 Å². The summed E-state index contributed by atoms with van der Waals surface area (Å²) in [6.07, 6.45) is -2.66. The van der Waals surface area contributed by atoms with Gasteiger partial charge in [-0.05, 0) is 67.9 Å². The van der Waals surface area contributed by atoms with Crippen LogP contribution in [0.4, 0.5) is 17.6 Å². The predicted molar refractivity (Wildman–Crippen MR) is 98.4 cm³/mol. The number of nitrogens with zero attached hydrogens (tertiary/aromatic N) is 3. The summed E-state index contributed by atoms with van der Waals surface area (Å²) < 4.78 is 56.8. The molecule has 2 aromatic carbocycles. The minimum atomic E-state index is -4.31. The van der Waals surface area contributed by atoms with E-state index in [2.05, 4.69) is 15.1 Å². The van der Waals surface area contributed by atoms with Gasteiger partial charge in [0.05, 0.1) is 5.56 Å². The second-order valence-electron chi connectivity index (χ2n) is 7.20. The van der Waals surface area contributed by atoms with Crippen LogP contribution in [0.25, 0.3) is 11.5 Å². The number of likely N-dealkylation sites (tertiary alicyclic amines) is 1. The molecule has 0 aliphatic carbocycles. The van der Waals surface area contributed by atoms with Gasteiger partial charge in [0.2, 0.25) is 11.8 Å². The first-order valence-electron chi connectivity index (χ1n) is 9.36. The number of benzene rings is 2. The zero-order valence-corrected chi connectivity index (χ0v) is 15.5. The Kier molecular flexibility index (Phi) is 5.36. The molecule has 1 aliphatic heterocycles. The molecule has 2 heterocycles. The molecule has 0 radical (unpaired) electrons. The van der Waals surface area contributed by atoms with Crippen LogP contribution in [-0.2, 0) is 12.7 Å². The Labute approximate surface area is 165 Å². The lowest BCUT2D eigenvalue weighted by Crippen LogP contribution is -2.32. The smallest absolute Gasteiger partial charge is 0.416 e. The Bertz CT molecular complexity index is 943. The molecule has 4 nitrogen and oxygen atoms in total. The van der Waals surface area contributed by atoms with E-state index in [1.165, 1.54) is 24.3 Å². The molecule has 0 N–H and O–H groups in total. The number of halogens is 4. The van der Waals surface area contributed by atoms with Gasteiger partial charge in [0.1, 0.15) is 5.82 Å². The highest BCUT2D eigenvalue weighted by molar-refractivity contribution is 5.52. The summed E-state index contributed by atoms with van der Waals surface area (Å²) in [5.74, 6) is 0.750. The van der Waals surface area contributed by atoms with Crippen LogP contribution < -0.4 is 0 Å². The van der Waals surface area contributed by atoms with Crippen molar-refractivity contribution in [3.8, 4) is 11.5 Å². The first-order valence-corrected chi connectivity index (χ1v) is 9.36. The number of rotatable bonds is 4. The van der Waals surface area contributed by atoms with Crippen molar-refractivity contribution < 1.29 is 22.0 Å². The van der Waals surface area contributed by atoms with E-state index >= 15 is 0 Å². The molecule has 4 rings (SSSR count). The van der Waals surface area contributed by atoms with E-state index < -0.39 is 11.7 Å². The van der Waals surface area contributed by atoms with E-state index in [1.807, 2.05) is 0 Å². The molecule has 0 atom stereocenters. The van der Waals surface area contributed by atoms with Crippen molar-refractivity contribution >= 4 is 0 Å². The molecule has 0 bridgehead atoms. The summed E-state index contributed by atoms with van der Waals surface area (Å²) in [5.41, 5.74) is 0.894. The molecule has 8 heteroatoms. The fourth-order valence-electron chi connectivity index (χ4n) is 3.50. The molecule has 1 saturated heterocycles. The average molecular weight is 405 g/mol. The summed E-state index contributed by atoms with van der Waals surface area (Å²) in [6, 6.07) is 11.2. The summed E-state index contributed by atoms with van der Waals surface area (Å²) in [4.78, 5) is 2.20. The van der Waals surface area contributed by atoms with E-state index in [9.17, 15) is 17.6 Å². The molecule has 1 aromatic heterocycles. The molecule has 0 amide bonds. The van der Waals surface area contributed by atoms with E-state index in [-0.39, 0.29) is 11.7 Å². The summed E-state index contributed by atoms with van der Waals surface area (Å²) in [7, 11) is 0. The third kappa shape index (κ3) is 4.64. The predicted octanol–water partition coefficient (Wildman–Crippen LogP) is 5.27. The number of alkyl halides is 3. The highest BCUT2D eigenvalue weighted by Crippen LogP contribution is 2.31. The maximum absolute atomic E-state index is 13.0.